The number of aromatic nitrogens is 3. The van der Waals surface area contributed by atoms with Crippen molar-refractivity contribution < 1.29 is 9.21 Å². The lowest BCUT2D eigenvalue weighted by molar-refractivity contribution is 0.0684. The molecule has 0 aromatic carbocycles. The molecule has 0 N–H and O–H groups in total. The number of carbonyl (C=O) groups excluding carboxylic acids is 1. The molecule has 1 amide bonds. The number of rotatable bonds is 4. The van der Waals surface area contributed by atoms with Crippen LogP contribution < -0.4 is 5.63 Å². The van der Waals surface area contributed by atoms with Crippen LogP contribution in [0.3, 0.4) is 0 Å². The zero-order valence-electron chi connectivity index (χ0n) is 15.9. The van der Waals surface area contributed by atoms with E-state index in [1.807, 2.05) is 15.8 Å². The van der Waals surface area contributed by atoms with Gasteiger partial charge in [0.2, 0.25) is 0 Å². The molecule has 7 heteroatoms. The van der Waals surface area contributed by atoms with Crippen molar-refractivity contribution in [3.63, 3.8) is 0 Å². The third-order valence-electron chi connectivity index (χ3n) is 4.85. The van der Waals surface area contributed by atoms with Gasteiger partial charge in [0, 0.05) is 25.4 Å². The number of nitrogens with zero attached hydrogens (tertiary/aromatic N) is 4. The second kappa shape index (κ2) is 7.43. The second-order valence-corrected chi connectivity index (χ2v) is 7.49. The Hall–Kier alpha value is -2.44. The average molecular weight is 358 g/mol. The van der Waals surface area contributed by atoms with Crippen molar-refractivity contribution in [2.45, 2.75) is 53.0 Å². The van der Waals surface area contributed by atoms with Crippen molar-refractivity contribution in [3.05, 3.63) is 45.3 Å². The number of aryl methyl sites for hydroxylation is 2. The molecule has 0 saturated carbocycles. The fraction of sp³-hybridized carbons (Fsp3) is 0.579. The molecule has 26 heavy (non-hydrogen) atoms. The molecule has 0 radical (unpaired) electrons. The maximum atomic E-state index is 12.9. The van der Waals surface area contributed by atoms with E-state index in [0.29, 0.717) is 35.9 Å². The Bertz CT molecular complexity index is 818. The van der Waals surface area contributed by atoms with Gasteiger partial charge >= 0.3 is 5.63 Å². The molecule has 1 fully saturated rings. The average Bonchev–Trinajstić information content (AvgIpc) is 3.01. The van der Waals surface area contributed by atoms with Crippen molar-refractivity contribution >= 4 is 5.91 Å². The Kier molecular flexibility index (Phi) is 5.25. The lowest BCUT2D eigenvalue weighted by Gasteiger charge is -2.32. The molecule has 1 saturated heterocycles. The summed E-state index contributed by atoms with van der Waals surface area (Å²) in [4.78, 5) is 26.1. The van der Waals surface area contributed by atoms with E-state index < -0.39 is 5.63 Å². The van der Waals surface area contributed by atoms with Crippen LogP contribution in [0.15, 0.2) is 21.5 Å². The topological polar surface area (TPSA) is 81.2 Å². The van der Waals surface area contributed by atoms with Crippen LogP contribution in [-0.4, -0.2) is 38.9 Å². The molecule has 0 unspecified atom stereocenters. The van der Waals surface area contributed by atoms with E-state index in [9.17, 15) is 9.59 Å². The summed E-state index contributed by atoms with van der Waals surface area (Å²) in [5, 5.41) is 8.53. The van der Waals surface area contributed by atoms with E-state index >= 15 is 0 Å². The second-order valence-electron chi connectivity index (χ2n) is 7.49. The lowest BCUT2D eigenvalue weighted by Crippen LogP contribution is -2.40. The fourth-order valence-corrected chi connectivity index (χ4v) is 3.57. The Morgan fingerprint density at radius 1 is 1.31 bits per heavy atom. The van der Waals surface area contributed by atoms with Gasteiger partial charge in [-0.1, -0.05) is 19.1 Å². The number of amides is 1. The Balaban J connectivity index is 1.66. The molecule has 3 heterocycles. The summed E-state index contributed by atoms with van der Waals surface area (Å²) in [6.07, 6.45) is 4.63. The molecule has 0 atom stereocenters. The van der Waals surface area contributed by atoms with Gasteiger partial charge in [0.05, 0.1) is 17.3 Å². The molecule has 2 aromatic heterocycles. The first-order valence-electron chi connectivity index (χ1n) is 9.16. The normalized spacial score (nSPS) is 15.7. The number of piperidine rings is 1. The summed E-state index contributed by atoms with van der Waals surface area (Å²) < 4.78 is 7.04. The highest BCUT2D eigenvalue weighted by Gasteiger charge is 2.27. The molecule has 7 nitrogen and oxygen atoms in total. The maximum Gasteiger partial charge on any atom is 0.336 e. The molecule has 1 aliphatic heterocycles. The van der Waals surface area contributed by atoms with Crippen LogP contribution in [0, 0.1) is 19.8 Å². The van der Waals surface area contributed by atoms with Gasteiger partial charge in [-0.3, -0.25) is 4.79 Å². The van der Waals surface area contributed by atoms with Crippen molar-refractivity contribution in [2.75, 3.05) is 13.1 Å². The van der Waals surface area contributed by atoms with Crippen molar-refractivity contribution in [2.24, 2.45) is 5.92 Å². The van der Waals surface area contributed by atoms with Gasteiger partial charge in [-0.25, -0.2) is 9.48 Å². The SMILES string of the molecule is Cc1cc(=O)oc(C)c1C(=O)N1CCC(n2cc(CC(C)C)nn2)CC1. The van der Waals surface area contributed by atoms with Gasteiger partial charge in [0.25, 0.3) is 5.91 Å². The highest BCUT2D eigenvalue weighted by atomic mass is 16.4. The molecule has 0 bridgehead atoms. The van der Waals surface area contributed by atoms with Gasteiger partial charge in [0.1, 0.15) is 5.76 Å². The highest BCUT2D eigenvalue weighted by Crippen LogP contribution is 2.24. The third-order valence-corrected chi connectivity index (χ3v) is 4.85. The van der Waals surface area contributed by atoms with Gasteiger partial charge in [-0.2, -0.15) is 0 Å². The van der Waals surface area contributed by atoms with Crippen molar-refractivity contribution in [1.29, 1.82) is 0 Å². The first-order chi connectivity index (χ1) is 12.3. The first kappa shape index (κ1) is 18.4. The first-order valence-corrected chi connectivity index (χ1v) is 9.16. The summed E-state index contributed by atoms with van der Waals surface area (Å²) >= 11 is 0. The quantitative estimate of drug-likeness (QED) is 0.839. The van der Waals surface area contributed by atoms with Gasteiger partial charge in [-0.15, -0.1) is 5.10 Å². The van der Waals surface area contributed by atoms with Gasteiger partial charge in [0.15, 0.2) is 0 Å². The fourth-order valence-electron chi connectivity index (χ4n) is 3.57. The summed E-state index contributed by atoms with van der Waals surface area (Å²) in [6, 6.07) is 1.64. The minimum Gasteiger partial charge on any atom is -0.427 e. The molecular formula is C19H26N4O3. The zero-order chi connectivity index (χ0) is 18.8. The number of carbonyl (C=O) groups is 1. The predicted molar refractivity (Wildman–Crippen MR) is 97.2 cm³/mol. The molecule has 0 spiro atoms. The van der Waals surface area contributed by atoms with E-state index in [-0.39, 0.29) is 11.9 Å². The molecule has 2 aromatic rings. The zero-order valence-corrected chi connectivity index (χ0v) is 15.9. The van der Waals surface area contributed by atoms with Crippen molar-refractivity contribution in [3.8, 4) is 0 Å². The molecule has 1 aliphatic rings. The smallest absolute Gasteiger partial charge is 0.336 e. The lowest BCUT2D eigenvalue weighted by atomic mass is 10.0. The van der Waals surface area contributed by atoms with Crippen LogP contribution >= 0.6 is 0 Å². The van der Waals surface area contributed by atoms with Gasteiger partial charge in [-0.05, 0) is 44.6 Å². The standard InChI is InChI=1S/C19H26N4O3/c1-12(2)9-15-11-23(21-20-15)16-5-7-22(8-6-16)19(25)18-13(3)10-17(24)26-14(18)4/h10-12,16H,5-9H2,1-4H3. The summed E-state index contributed by atoms with van der Waals surface area (Å²) in [5.74, 6) is 0.870. The van der Waals surface area contributed by atoms with Crippen molar-refractivity contribution in [1.82, 2.24) is 19.9 Å². The van der Waals surface area contributed by atoms with E-state index in [2.05, 4.69) is 24.2 Å². The van der Waals surface area contributed by atoms with Crippen LogP contribution in [0.5, 0.6) is 0 Å². The van der Waals surface area contributed by atoms with Crippen LogP contribution in [0.2, 0.25) is 0 Å². The Labute approximate surface area is 153 Å². The minimum absolute atomic E-state index is 0.0683. The van der Waals surface area contributed by atoms with Crippen LogP contribution in [-0.2, 0) is 6.42 Å². The van der Waals surface area contributed by atoms with E-state index in [4.69, 9.17) is 4.42 Å². The van der Waals surface area contributed by atoms with Gasteiger partial charge < -0.3 is 9.32 Å². The summed E-state index contributed by atoms with van der Waals surface area (Å²) in [7, 11) is 0. The van der Waals surface area contributed by atoms with E-state index in [1.165, 1.54) is 6.07 Å². The molecular weight excluding hydrogens is 332 g/mol. The number of hydrogen-bond acceptors (Lipinski definition) is 5. The monoisotopic (exact) mass is 358 g/mol. The molecule has 140 valence electrons. The van der Waals surface area contributed by atoms with E-state index in [0.717, 1.165) is 25.0 Å². The minimum atomic E-state index is -0.418. The van der Waals surface area contributed by atoms with Crippen LogP contribution in [0.4, 0.5) is 0 Å². The number of hydrogen-bond donors (Lipinski definition) is 0. The highest BCUT2D eigenvalue weighted by molar-refractivity contribution is 5.96. The largest absolute Gasteiger partial charge is 0.427 e. The van der Waals surface area contributed by atoms with Crippen LogP contribution in [0.25, 0.3) is 0 Å². The predicted octanol–water partition coefficient (Wildman–Crippen LogP) is 2.52. The van der Waals surface area contributed by atoms with Crippen LogP contribution in [0.1, 0.15) is 60.1 Å². The number of likely N-dealkylation sites (tertiary alicyclic amines) is 1. The third kappa shape index (κ3) is 3.86. The Morgan fingerprint density at radius 2 is 2.00 bits per heavy atom. The maximum absolute atomic E-state index is 12.9. The molecule has 3 rings (SSSR count). The summed E-state index contributed by atoms with van der Waals surface area (Å²) in [5.41, 5.74) is 1.77. The molecule has 0 aliphatic carbocycles. The summed E-state index contributed by atoms with van der Waals surface area (Å²) in [6.45, 7) is 9.08. The van der Waals surface area contributed by atoms with E-state index in [1.54, 1.807) is 13.8 Å². The Morgan fingerprint density at radius 3 is 2.62 bits per heavy atom.